The van der Waals surface area contributed by atoms with Crippen molar-refractivity contribution in [2.75, 3.05) is 0 Å². The van der Waals surface area contributed by atoms with Gasteiger partial charge in [0.25, 0.3) is 0 Å². The second-order valence-electron chi connectivity index (χ2n) is 0.250. The van der Waals surface area contributed by atoms with Crippen LogP contribution in [0.25, 0.3) is 0 Å². The number of hydrogen-bond acceptors (Lipinski definition) is 3. The van der Waals surface area contributed by atoms with Gasteiger partial charge in [-0.3, -0.25) is 0 Å². The molecule has 0 rings (SSSR count). The zero-order chi connectivity index (χ0) is 3.58. The van der Waals surface area contributed by atoms with E-state index in [2.05, 4.69) is 0 Å². The Morgan fingerprint density at radius 1 is 1.50 bits per heavy atom. The minimum absolute atomic E-state index is 0. The number of rotatable bonds is 0. The molecule has 0 spiro atoms. The van der Waals surface area contributed by atoms with Crippen LogP contribution in [0.4, 0.5) is 0 Å². The SMILES string of the molecule is [Ca+2].[H-].[H-].[Mg+2].[O]=[Ti]([O-])[O-]. The third kappa shape index (κ3) is 31.8. The van der Waals surface area contributed by atoms with E-state index >= 15 is 0 Å². The van der Waals surface area contributed by atoms with E-state index in [1.807, 2.05) is 0 Å². The summed E-state index contributed by atoms with van der Waals surface area (Å²) >= 11 is -4.08. The van der Waals surface area contributed by atoms with Crippen molar-refractivity contribution in [2.24, 2.45) is 0 Å². The zero-order valence-corrected chi connectivity index (χ0v) is 8.32. The molecule has 0 saturated heterocycles. The molecule has 3 nitrogen and oxygen atoms in total. The van der Waals surface area contributed by atoms with Gasteiger partial charge in [-0.15, -0.1) is 0 Å². The van der Waals surface area contributed by atoms with E-state index in [-0.39, 0.29) is 63.6 Å². The third-order valence-corrected chi connectivity index (χ3v) is 0. The fraction of sp³-hybridized carbons (Fsp3) is 0. The van der Waals surface area contributed by atoms with Gasteiger partial charge in [-0.2, -0.15) is 0 Å². The van der Waals surface area contributed by atoms with Gasteiger partial charge in [-0.25, -0.2) is 0 Å². The second kappa shape index (κ2) is 10.4. The summed E-state index contributed by atoms with van der Waals surface area (Å²) in [4.78, 5) is 0. The molecule has 0 aliphatic rings. The van der Waals surface area contributed by atoms with Crippen LogP contribution in [0.3, 0.4) is 0 Å². The molecule has 0 aromatic heterocycles. The summed E-state index contributed by atoms with van der Waals surface area (Å²) in [6.07, 6.45) is 0. The van der Waals surface area contributed by atoms with Crippen LogP contribution in [-0.2, 0) is 21.9 Å². The fourth-order valence-electron chi connectivity index (χ4n) is 0. The average Bonchev–Trinajstić information content (AvgIpc) is 0.811. The van der Waals surface area contributed by atoms with E-state index in [0.717, 1.165) is 0 Å². The Bertz CT molecular complexity index is 40.3. The molecule has 0 aliphatic heterocycles. The quantitative estimate of drug-likeness (QED) is 0.356. The molecule has 6 heteroatoms. The first-order valence-corrected chi connectivity index (χ1v) is 2.52. The van der Waals surface area contributed by atoms with Gasteiger partial charge in [0.15, 0.2) is 0 Å². The molecule has 6 heavy (non-hydrogen) atoms. The standard InChI is InChI=1S/Ca.Mg.3O.Ti.2H/q2*+2;;2*-1;;2*-1. The van der Waals surface area contributed by atoms with Crippen LogP contribution in [0, 0.1) is 0 Å². The molecule has 0 atom stereocenters. The summed E-state index contributed by atoms with van der Waals surface area (Å²) in [5.41, 5.74) is 0. The van der Waals surface area contributed by atoms with Gasteiger partial charge in [0, 0.05) is 0 Å². The minimum atomic E-state index is -4.08. The molecule has 0 aliphatic carbocycles. The van der Waals surface area contributed by atoms with Gasteiger partial charge in [0.05, 0.1) is 0 Å². The maximum absolute atomic E-state index is 8.58. The van der Waals surface area contributed by atoms with Crippen molar-refractivity contribution < 1.29 is 32.2 Å². The van der Waals surface area contributed by atoms with Crippen molar-refractivity contribution in [1.82, 2.24) is 0 Å². The van der Waals surface area contributed by atoms with E-state index in [0.29, 0.717) is 0 Å². The van der Waals surface area contributed by atoms with E-state index < -0.39 is 18.6 Å². The van der Waals surface area contributed by atoms with Crippen molar-refractivity contribution in [3.05, 3.63) is 0 Å². The Kier molecular flexibility index (Phi) is 27.5. The summed E-state index contributed by atoms with van der Waals surface area (Å²) < 4.78 is 25.8. The molecule has 0 amide bonds. The van der Waals surface area contributed by atoms with Crippen LogP contribution in [-0.4, -0.2) is 60.8 Å². The van der Waals surface area contributed by atoms with Crippen LogP contribution < -0.4 is 7.38 Å². The normalized spacial score (nSPS) is 4.33. The summed E-state index contributed by atoms with van der Waals surface area (Å²) in [6, 6.07) is 0. The molecular formula is H2CaMgO3Ti. The van der Waals surface area contributed by atoms with Crippen LogP contribution in [0.2, 0.25) is 0 Å². The monoisotopic (exact) mass is 162 g/mol. The Balaban J connectivity index is -0.00000000750. The van der Waals surface area contributed by atoms with Crippen LogP contribution >= 0.6 is 0 Å². The molecule has 0 heterocycles. The molecule has 0 aromatic carbocycles. The summed E-state index contributed by atoms with van der Waals surface area (Å²) in [5.74, 6) is 0. The Morgan fingerprint density at radius 2 is 1.50 bits per heavy atom. The third-order valence-electron chi connectivity index (χ3n) is 0. The molecule has 0 bridgehead atoms. The summed E-state index contributed by atoms with van der Waals surface area (Å²) in [5, 5.41) is 0. The predicted molar refractivity (Wildman–Crippen MR) is 14.4 cm³/mol. The second-order valence-corrected chi connectivity index (χ2v) is 1.03. The van der Waals surface area contributed by atoms with Crippen LogP contribution in [0.5, 0.6) is 0 Å². The summed E-state index contributed by atoms with van der Waals surface area (Å²) in [6.45, 7) is 0. The van der Waals surface area contributed by atoms with Crippen molar-refractivity contribution in [3.8, 4) is 0 Å². The van der Waals surface area contributed by atoms with Gasteiger partial charge in [-0.1, -0.05) is 0 Å². The number of hydrogen-bond donors (Lipinski definition) is 0. The van der Waals surface area contributed by atoms with E-state index in [1.165, 1.54) is 0 Å². The Morgan fingerprint density at radius 3 is 1.50 bits per heavy atom. The van der Waals surface area contributed by atoms with Gasteiger partial charge in [0.2, 0.25) is 0 Å². The van der Waals surface area contributed by atoms with Gasteiger partial charge >= 0.3 is 90.1 Å². The van der Waals surface area contributed by atoms with Gasteiger partial charge in [-0.05, 0) is 0 Å². The first kappa shape index (κ1) is 15.8. The molecule has 0 aromatic rings. The van der Waals surface area contributed by atoms with Gasteiger partial charge < -0.3 is 2.85 Å². The van der Waals surface area contributed by atoms with Crippen molar-refractivity contribution in [2.45, 2.75) is 0 Å². The molecule has 0 radical (unpaired) electrons. The first-order valence-electron chi connectivity index (χ1n) is 0.612. The topological polar surface area (TPSA) is 63.2 Å². The van der Waals surface area contributed by atoms with Crippen molar-refractivity contribution in [1.29, 1.82) is 0 Å². The molecule has 0 saturated carbocycles. The predicted octanol–water partition coefficient (Wildman–Crippen LogP) is -3.04. The van der Waals surface area contributed by atoms with Crippen LogP contribution in [0.1, 0.15) is 2.85 Å². The van der Waals surface area contributed by atoms with Gasteiger partial charge in [0.1, 0.15) is 0 Å². The Hall–Kier alpha value is 2.46. The average molecular weight is 162 g/mol. The molecule has 0 unspecified atom stereocenters. The van der Waals surface area contributed by atoms with E-state index in [1.54, 1.807) is 0 Å². The van der Waals surface area contributed by atoms with E-state index in [4.69, 9.17) is 10.7 Å². The first-order chi connectivity index (χ1) is 1.73. The van der Waals surface area contributed by atoms with Crippen molar-refractivity contribution >= 4 is 60.8 Å². The fourth-order valence-corrected chi connectivity index (χ4v) is 0. The van der Waals surface area contributed by atoms with Crippen LogP contribution in [0.15, 0.2) is 0 Å². The summed E-state index contributed by atoms with van der Waals surface area (Å²) in [7, 11) is 0. The molecule has 0 N–H and O–H groups in total. The maximum atomic E-state index is 8.58. The molecule has 0 fully saturated rings. The Labute approximate surface area is 91.3 Å². The molecular weight excluding hydrogens is 160 g/mol. The zero-order valence-electron chi connectivity index (χ0n) is 5.14. The molecule has 28 valence electrons. The van der Waals surface area contributed by atoms with E-state index in [9.17, 15) is 0 Å². The van der Waals surface area contributed by atoms with Crippen molar-refractivity contribution in [3.63, 3.8) is 0 Å².